The third-order valence-electron chi connectivity index (χ3n) is 15.5. The van der Waals surface area contributed by atoms with Crippen LogP contribution < -0.4 is 22.4 Å². The van der Waals surface area contributed by atoms with Crippen molar-refractivity contribution in [2.45, 2.75) is 52.2 Å². The number of ketones is 3. The summed E-state index contributed by atoms with van der Waals surface area (Å²) in [5.41, 5.74) is 15.3. The molecule has 0 bridgehead atoms. The smallest absolute Gasteiger partial charge is 0.417 e. The molecule has 21 heteroatoms. The maximum Gasteiger partial charge on any atom is 0.417 e. The number of aromatic nitrogens is 4. The quantitative estimate of drug-likeness (QED) is 0.0130. The molecule has 11 rings (SSSR count). The van der Waals surface area contributed by atoms with E-state index in [-0.39, 0.29) is 34.6 Å². The van der Waals surface area contributed by atoms with Gasteiger partial charge in [0.25, 0.3) is 28.2 Å². The minimum Gasteiger partial charge on any atom is -0.507 e. The average molecular weight is 1410 g/mol. The third-order valence-corrected chi connectivity index (χ3v) is 15.5. The van der Waals surface area contributed by atoms with Crippen molar-refractivity contribution in [3.63, 3.8) is 0 Å². The van der Waals surface area contributed by atoms with Crippen LogP contribution >= 0.6 is 0 Å². The van der Waals surface area contributed by atoms with E-state index in [2.05, 4.69) is 31.3 Å². The number of hydrogen-bond donors (Lipinski definition) is 4. The van der Waals surface area contributed by atoms with Crippen LogP contribution in [0.3, 0.4) is 0 Å². The summed E-state index contributed by atoms with van der Waals surface area (Å²) in [6.07, 6.45) is 11.0. The molecule has 0 atom stereocenters. The van der Waals surface area contributed by atoms with E-state index < -0.39 is 58.1 Å². The van der Waals surface area contributed by atoms with Crippen molar-refractivity contribution >= 4 is 58.6 Å². The fraction of sp³-hybridized carbons (Fsp3) is 0.131. The first-order valence-corrected chi connectivity index (χ1v) is 32.7. The second-order valence-electron chi connectivity index (χ2n) is 23.4. The molecular weight excluding hydrogens is 1330 g/mol. The van der Waals surface area contributed by atoms with Crippen LogP contribution in [-0.4, -0.2) is 96.6 Å². The molecule has 5 N–H and O–H groups in total. The summed E-state index contributed by atoms with van der Waals surface area (Å²) in [7, 11) is 3.29. The molecule has 0 aliphatic rings. The van der Waals surface area contributed by atoms with Gasteiger partial charge in [-0.15, -0.1) is 0 Å². The Balaban J connectivity index is 0.000000193. The van der Waals surface area contributed by atoms with Crippen molar-refractivity contribution in [2.24, 2.45) is 0 Å². The second kappa shape index (κ2) is 40.5. The van der Waals surface area contributed by atoms with Crippen LogP contribution in [0.4, 0.5) is 5.82 Å². The Morgan fingerprint density at radius 1 is 0.362 bits per heavy atom. The van der Waals surface area contributed by atoms with Crippen molar-refractivity contribution in [1.29, 1.82) is 0 Å². The van der Waals surface area contributed by atoms with Crippen molar-refractivity contribution in [3.8, 4) is 0 Å². The summed E-state index contributed by atoms with van der Waals surface area (Å²) in [6.45, 7) is 2.47. The van der Waals surface area contributed by atoms with Crippen LogP contribution in [0.2, 0.25) is 0 Å². The number of pyridine rings is 4. The fourth-order valence-electron chi connectivity index (χ4n) is 10.4. The molecule has 0 aliphatic carbocycles. The summed E-state index contributed by atoms with van der Waals surface area (Å²) in [4.78, 5) is 120. The highest BCUT2D eigenvalue weighted by Crippen LogP contribution is 2.19. The van der Waals surface area contributed by atoms with E-state index in [1.54, 1.807) is 23.0 Å². The Hall–Kier alpha value is -13.7. The first-order valence-electron chi connectivity index (χ1n) is 32.7. The number of ether oxygens (including phenoxy) is 3. The number of Topliss-reactive ketones (excluding diaryl/α,β-unsaturated/α-hetero) is 1. The van der Waals surface area contributed by atoms with Gasteiger partial charge in [-0.2, -0.15) is 0 Å². The molecule has 0 unspecified atom stereocenters. The highest BCUT2D eigenvalue weighted by atomic mass is 16.6. The number of rotatable bonds is 21. The zero-order chi connectivity index (χ0) is 75.6. The molecule has 11 aromatic rings. The highest BCUT2D eigenvalue weighted by Gasteiger charge is 2.20. The largest absolute Gasteiger partial charge is 0.507 e. The Kier molecular flexibility index (Phi) is 30.4. The van der Waals surface area contributed by atoms with Gasteiger partial charge in [0.2, 0.25) is 0 Å². The topological polar surface area (TPSA) is 313 Å². The predicted octanol–water partition coefficient (Wildman–Crippen LogP) is 11.4. The number of carbonyl (C=O) groups excluding carboxylic acids is 6. The van der Waals surface area contributed by atoms with Gasteiger partial charge in [0.05, 0.1) is 57.7 Å². The molecule has 0 saturated heterocycles. The molecule has 0 fully saturated rings. The van der Waals surface area contributed by atoms with Gasteiger partial charge in [-0.1, -0.05) is 218 Å². The molecule has 0 aliphatic heterocycles. The molecule has 0 amide bonds. The van der Waals surface area contributed by atoms with E-state index in [9.17, 15) is 58.2 Å². The van der Waals surface area contributed by atoms with Crippen LogP contribution in [0.5, 0.6) is 0 Å². The van der Waals surface area contributed by atoms with E-state index in [1.807, 2.05) is 225 Å². The molecule has 4 heterocycles. The summed E-state index contributed by atoms with van der Waals surface area (Å²) in [5, 5.41) is 29.4. The molecule has 0 saturated carbocycles. The van der Waals surface area contributed by atoms with Gasteiger partial charge in [0, 0.05) is 36.9 Å². The van der Waals surface area contributed by atoms with Crippen molar-refractivity contribution in [2.75, 3.05) is 27.1 Å². The average Bonchev–Trinajstić information content (AvgIpc) is 0.819. The van der Waals surface area contributed by atoms with Crippen molar-refractivity contribution < 1.29 is 63.1 Å². The maximum absolute atomic E-state index is 13.0. The fourth-order valence-corrected chi connectivity index (χ4v) is 10.4. The van der Waals surface area contributed by atoms with Crippen LogP contribution in [0, 0.1) is 0 Å². The minimum absolute atomic E-state index is 0.0587. The van der Waals surface area contributed by atoms with Crippen LogP contribution in [-0.2, 0) is 88.3 Å². The summed E-state index contributed by atoms with van der Waals surface area (Å²) < 4.78 is 16.9. The molecule has 21 nitrogen and oxygen atoms in total. The Morgan fingerprint density at radius 2 is 0.638 bits per heavy atom. The molecule has 7 aromatic carbocycles. The van der Waals surface area contributed by atoms with Gasteiger partial charge >= 0.3 is 23.9 Å². The number of nitrogens with zero attached hydrogens (tertiary/aromatic N) is 4. The van der Waals surface area contributed by atoms with E-state index >= 15 is 0 Å². The van der Waals surface area contributed by atoms with E-state index in [0.29, 0.717) is 50.3 Å². The van der Waals surface area contributed by atoms with Gasteiger partial charge in [-0.3, -0.25) is 28.8 Å². The lowest BCUT2D eigenvalue weighted by Crippen LogP contribution is -2.26. The number of methoxy groups -OCH3 is 3. The Labute approximate surface area is 605 Å². The number of hydrogen-bond acceptors (Lipinski definition) is 17. The maximum atomic E-state index is 13.0. The summed E-state index contributed by atoms with van der Waals surface area (Å²) in [6, 6.07) is 76.7. The van der Waals surface area contributed by atoms with Crippen molar-refractivity contribution in [3.05, 3.63) is 389 Å². The van der Waals surface area contributed by atoms with Gasteiger partial charge < -0.3 is 49.0 Å². The summed E-state index contributed by atoms with van der Waals surface area (Å²) in [5.74, 6) is -8.00. The monoisotopic (exact) mass is 1410 g/mol. The number of benzene rings is 7. The van der Waals surface area contributed by atoms with Gasteiger partial charge in [0.1, 0.15) is 17.3 Å². The number of esters is 3. The Morgan fingerprint density at radius 3 is 0.914 bits per heavy atom. The zero-order valence-corrected chi connectivity index (χ0v) is 58.0. The number of aliphatic carboxylic acids is 1. The van der Waals surface area contributed by atoms with E-state index in [1.165, 1.54) is 39.3 Å². The number of carboxylic acids is 1. The first-order chi connectivity index (χ1) is 50.6. The lowest BCUT2D eigenvalue weighted by Gasteiger charge is -2.12. The predicted molar refractivity (Wildman–Crippen MR) is 399 cm³/mol. The standard InChI is InChI=1S/C24H21NO5.C23H19NO5.C21H19NO2.C12H12N2.C4H6O4/c1-30-24(29)22(27)14-21(26)20-13-19(12-17-8-4-2-5-9-17)16-25(23(20)28)15-18-10-6-3-7-11-18;25-20(13-21(26)23(28)29)19-12-18(11-16-7-3-1-4-8-16)15-24(22(19)27)14-17-9-5-2-6-10-17;1-16(23)20-13-19(12-17-8-4-2-5-9-17)15-22(21(20)24)14-18-10-6-3-7-11-18;13-12-7-6-11(9-14-12)8-10-4-2-1-3-5-10;1-7-3(5)4(6)8-2/h2-11,13-14,16,26H,12,15H2,1H3;1-10,12-13,15,25H,11,14H2,(H,28,29);2-11,13,15H,12,14H2,1H3;1-7,9H,8H2,(H2,13,14);1-2H3. The third kappa shape index (κ3) is 25.5. The SMILES string of the molecule is CC(=O)c1cc(Cc2ccccc2)cn(Cc2ccccc2)c1=O.COC(=O)C(=O)C=C(O)c1cc(Cc2ccccc2)cn(Cc2ccccc2)c1=O.COC(=O)C(=O)OC.Nc1ccc(Cc2ccccc2)cn1.O=C(O)C(=O)C=C(O)c1cc(Cc2ccccc2)cn(Cc2ccccc2)c1=O. The van der Waals surface area contributed by atoms with Crippen LogP contribution in [0.25, 0.3) is 11.5 Å². The van der Waals surface area contributed by atoms with Crippen LogP contribution in [0.1, 0.15) is 89.6 Å². The Bertz CT molecular complexity index is 4980. The lowest BCUT2D eigenvalue weighted by atomic mass is 10.0. The number of aliphatic hydroxyl groups excluding tert-OH is 2. The molecule has 534 valence electrons. The summed E-state index contributed by atoms with van der Waals surface area (Å²) >= 11 is 0. The number of anilines is 1. The molecule has 0 spiro atoms. The highest BCUT2D eigenvalue weighted by molar-refractivity contribution is 6.39. The molecular formula is C84H77N5O16. The lowest BCUT2D eigenvalue weighted by molar-refractivity contribution is -0.164. The zero-order valence-electron chi connectivity index (χ0n) is 58.0. The van der Waals surface area contributed by atoms with Crippen LogP contribution in [0.15, 0.2) is 294 Å². The second-order valence-corrected chi connectivity index (χ2v) is 23.4. The van der Waals surface area contributed by atoms with E-state index in [0.717, 1.165) is 77.8 Å². The first kappa shape index (κ1) is 78.6. The molecule has 105 heavy (non-hydrogen) atoms. The number of carbonyl (C=O) groups is 7. The van der Waals surface area contributed by atoms with Gasteiger partial charge in [-0.05, 0) is 118 Å². The number of aliphatic hydroxyl groups is 2. The molecule has 0 radical (unpaired) electrons. The van der Waals surface area contributed by atoms with Gasteiger partial charge in [0.15, 0.2) is 5.78 Å². The number of nitrogens with two attached hydrogens (primary N) is 1. The number of carboxylic acid groups (broad SMARTS) is 1. The molecule has 4 aromatic heterocycles. The minimum atomic E-state index is -1.71. The number of nitrogen functional groups attached to an aromatic ring is 1. The van der Waals surface area contributed by atoms with E-state index in [4.69, 9.17) is 10.8 Å². The van der Waals surface area contributed by atoms with Gasteiger partial charge in [-0.25, -0.2) is 24.2 Å². The van der Waals surface area contributed by atoms with Crippen molar-refractivity contribution in [1.82, 2.24) is 18.7 Å². The normalized spacial score (nSPS) is 10.6.